The average Bonchev–Trinajstić information content (AvgIpc) is 2.85. The van der Waals surface area contributed by atoms with Crippen LogP contribution < -0.4 is 10.1 Å². The summed E-state index contributed by atoms with van der Waals surface area (Å²) in [6.45, 7) is 8.27. The van der Waals surface area contributed by atoms with Gasteiger partial charge in [0.2, 0.25) is 0 Å². The van der Waals surface area contributed by atoms with E-state index in [1.165, 1.54) is 24.3 Å². The Morgan fingerprint density at radius 3 is 1.90 bits per heavy atom. The lowest BCUT2D eigenvalue weighted by Gasteiger charge is -2.47. The first-order valence-electron chi connectivity index (χ1n) is 13.4. The minimum atomic E-state index is -0.408. The van der Waals surface area contributed by atoms with Gasteiger partial charge in [0.25, 0.3) is 5.91 Å². The van der Waals surface area contributed by atoms with Crippen molar-refractivity contribution < 1.29 is 23.5 Å². The Labute approximate surface area is 228 Å². The van der Waals surface area contributed by atoms with E-state index < -0.39 is 5.92 Å². The first-order chi connectivity index (χ1) is 18.3. The Bertz CT molecular complexity index is 1350. The van der Waals surface area contributed by atoms with Gasteiger partial charge in [-0.05, 0) is 65.6 Å². The summed E-state index contributed by atoms with van der Waals surface area (Å²) < 4.78 is 18.8. The average molecular weight is 531 g/mol. The van der Waals surface area contributed by atoms with Crippen LogP contribution in [0.2, 0.25) is 0 Å². The predicted molar refractivity (Wildman–Crippen MR) is 148 cm³/mol. The summed E-state index contributed by atoms with van der Waals surface area (Å²) in [5.74, 6) is -0.459. The number of carbonyl (C=O) groups is 3. The zero-order chi connectivity index (χ0) is 28.1. The highest BCUT2D eigenvalue weighted by Gasteiger charge is 2.48. The number of amides is 1. The largest absolute Gasteiger partial charge is 0.484 e. The number of rotatable bonds is 5. The second kappa shape index (κ2) is 9.78. The van der Waals surface area contributed by atoms with Crippen LogP contribution in [0.15, 0.2) is 71.1 Å². The van der Waals surface area contributed by atoms with E-state index in [1.54, 1.807) is 12.1 Å². The normalized spacial score (nSPS) is 20.5. The molecule has 0 spiro atoms. The first kappa shape index (κ1) is 26.9. The van der Waals surface area contributed by atoms with Gasteiger partial charge in [-0.15, -0.1) is 0 Å². The number of allylic oxidation sites excluding steroid dienone is 4. The van der Waals surface area contributed by atoms with Gasteiger partial charge in [0.05, 0.1) is 0 Å². The molecule has 1 N–H and O–H groups in total. The molecule has 0 fully saturated rings. The number of nitrogens with zero attached hydrogens (tertiary/aromatic N) is 1. The summed E-state index contributed by atoms with van der Waals surface area (Å²) in [5, 5.41) is 2.67. The number of hydrogen-bond donors (Lipinski definition) is 1. The second-order valence-electron chi connectivity index (χ2n) is 12.5. The van der Waals surface area contributed by atoms with Gasteiger partial charge in [0.1, 0.15) is 11.6 Å². The number of anilines is 1. The van der Waals surface area contributed by atoms with Crippen molar-refractivity contribution in [3.05, 3.63) is 82.5 Å². The zero-order valence-corrected chi connectivity index (χ0v) is 23.2. The van der Waals surface area contributed by atoms with Crippen molar-refractivity contribution in [2.75, 3.05) is 19.0 Å². The molecule has 0 saturated heterocycles. The molecule has 0 radical (unpaired) electrons. The molecule has 7 heteroatoms. The fourth-order valence-electron chi connectivity index (χ4n) is 6.13. The number of benzene rings is 2. The third kappa shape index (κ3) is 5.40. The van der Waals surface area contributed by atoms with Crippen molar-refractivity contribution in [3.63, 3.8) is 0 Å². The molecule has 39 heavy (non-hydrogen) atoms. The summed E-state index contributed by atoms with van der Waals surface area (Å²) in [6.07, 6.45) is 2.44. The van der Waals surface area contributed by atoms with E-state index in [2.05, 4.69) is 37.9 Å². The van der Waals surface area contributed by atoms with Crippen LogP contribution in [0, 0.1) is 16.6 Å². The molecule has 2 aliphatic carbocycles. The van der Waals surface area contributed by atoms with Crippen LogP contribution in [0.1, 0.15) is 64.9 Å². The van der Waals surface area contributed by atoms with Crippen LogP contribution in [0.4, 0.5) is 10.1 Å². The molecule has 1 heterocycles. The summed E-state index contributed by atoms with van der Waals surface area (Å²) in [6, 6.07) is 12.8. The van der Waals surface area contributed by atoms with Gasteiger partial charge in [-0.25, -0.2) is 4.39 Å². The highest BCUT2D eigenvalue weighted by Crippen LogP contribution is 2.53. The molecule has 1 amide bonds. The minimum absolute atomic E-state index is 0.0973. The van der Waals surface area contributed by atoms with Crippen LogP contribution in [0.5, 0.6) is 5.75 Å². The molecule has 0 bridgehead atoms. The van der Waals surface area contributed by atoms with E-state index in [-0.39, 0.29) is 40.7 Å². The number of carbonyl (C=O) groups excluding carboxylic acids is 3. The van der Waals surface area contributed by atoms with Crippen molar-refractivity contribution in [2.24, 2.45) is 10.8 Å². The second-order valence-corrected chi connectivity index (χ2v) is 12.5. The van der Waals surface area contributed by atoms with Crippen LogP contribution >= 0.6 is 0 Å². The van der Waals surface area contributed by atoms with Gasteiger partial charge in [-0.3, -0.25) is 14.4 Å². The third-order valence-corrected chi connectivity index (χ3v) is 7.89. The lowest BCUT2D eigenvalue weighted by molar-refractivity contribution is -0.120. The summed E-state index contributed by atoms with van der Waals surface area (Å²) in [7, 11) is 2.00. The summed E-state index contributed by atoms with van der Waals surface area (Å²) in [5.41, 5.74) is 4.56. The van der Waals surface area contributed by atoms with Gasteiger partial charge in [0, 0.05) is 54.0 Å². The monoisotopic (exact) mass is 530 g/mol. The number of nitrogens with one attached hydrogen (secondary N) is 1. The highest BCUT2D eigenvalue weighted by atomic mass is 19.1. The van der Waals surface area contributed by atoms with Crippen molar-refractivity contribution in [3.8, 4) is 5.75 Å². The molecule has 0 atom stereocenters. The van der Waals surface area contributed by atoms with Crippen molar-refractivity contribution in [1.29, 1.82) is 0 Å². The fourth-order valence-corrected chi connectivity index (χ4v) is 6.13. The van der Waals surface area contributed by atoms with Crippen molar-refractivity contribution >= 4 is 23.2 Å². The molecule has 5 rings (SSSR count). The van der Waals surface area contributed by atoms with E-state index in [0.717, 1.165) is 40.9 Å². The molecule has 2 aromatic rings. The number of ketones is 2. The molecule has 0 aromatic heterocycles. The summed E-state index contributed by atoms with van der Waals surface area (Å²) in [4.78, 5) is 41.6. The third-order valence-electron chi connectivity index (χ3n) is 7.89. The fraction of sp³-hybridized carbons (Fsp3) is 0.406. The molecule has 0 saturated carbocycles. The number of hydrogen-bond acceptors (Lipinski definition) is 5. The van der Waals surface area contributed by atoms with Crippen LogP contribution in [0.3, 0.4) is 0 Å². The lowest BCUT2D eigenvalue weighted by atomic mass is 9.64. The topological polar surface area (TPSA) is 75.7 Å². The molecular weight excluding hydrogens is 495 g/mol. The predicted octanol–water partition coefficient (Wildman–Crippen LogP) is 6.16. The van der Waals surface area contributed by atoms with Gasteiger partial charge < -0.3 is 15.0 Å². The van der Waals surface area contributed by atoms with Gasteiger partial charge in [-0.1, -0.05) is 39.8 Å². The Balaban J connectivity index is 1.42. The summed E-state index contributed by atoms with van der Waals surface area (Å²) >= 11 is 0. The highest BCUT2D eigenvalue weighted by molar-refractivity contribution is 6.06. The van der Waals surface area contributed by atoms with Gasteiger partial charge >= 0.3 is 0 Å². The molecule has 204 valence electrons. The Morgan fingerprint density at radius 2 is 1.38 bits per heavy atom. The number of ether oxygens (including phenoxy) is 1. The Kier molecular flexibility index (Phi) is 6.73. The Hall–Kier alpha value is -3.74. The standard InChI is InChI=1S/C32H35FN2O4/c1-31(2)14-23-29(25(36)16-31)28(30-24(35(23)5)15-32(3,4)17-26(30)37)19-6-12-22(13-7-19)39-18-27(38)34-21-10-8-20(33)9-11-21/h6-13,28H,14-18H2,1-5H3,(H,34,38). The molecule has 0 unspecified atom stereocenters. The number of halogens is 1. The number of Topliss-reactive ketones (excluding diaryl/α,β-unsaturated/α-hetero) is 2. The zero-order valence-electron chi connectivity index (χ0n) is 23.2. The smallest absolute Gasteiger partial charge is 0.262 e. The van der Waals surface area contributed by atoms with E-state index in [9.17, 15) is 18.8 Å². The van der Waals surface area contributed by atoms with E-state index in [4.69, 9.17) is 4.74 Å². The maximum absolute atomic E-state index is 13.6. The quantitative estimate of drug-likeness (QED) is 0.501. The van der Waals surface area contributed by atoms with E-state index in [0.29, 0.717) is 24.3 Å². The maximum Gasteiger partial charge on any atom is 0.262 e. The molecule has 2 aromatic carbocycles. The lowest BCUT2D eigenvalue weighted by Crippen LogP contribution is -2.43. The van der Waals surface area contributed by atoms with Crippen molar-refractivity contribution in [1.82, 2.24) is 4.90 Å². The first-order valence-corrected chi connectivity index (χ1v) is 13.4. The minimum Gasteiger partial charge on any atom is -0.484 e. The van der Waals surface area contributed by atoms with Gasteiger partial charge in [0.15, 0.2) is 18.2 Å². The van der Waals surface area contributed by atoms with Crippen LogP contribution in [-0.4, -0.2) is 36.0 Å². The SMILES string of the molecule is CN1C2=C(C(=O)CC(C)(C)C2)C(c2ccc(OCC(=O)Nc3ccc(F)cc3)cc2)C2=C1CC(C)(C)CC2=O. The van der Waals surface area contributed by atoms with E-state index >= 15 is 0 Å². The molecule has 1 aliphatic heterocycles. The van der Waals surface area contributed by atoms with Gasteiger partial charge in [-0.2, -0.15) is 0 Å². The molecule has 6 nitrogen and oxygen atoms in total. The van der Waals surface area contributed by atoms with Crippen LogP contribution in [0.25, 0.3) is 0 Å². The molecular formula is C32H35FN2O4. The molecule has 3 aliphatic rings. The van der Waals surface area contributed by atoms with Crippen molar-refractivity contribution in [2.45, 2.75) is 59.3 Å². The van der Waals surface area contributed by atoms with E-state index in [1.807, 2.05) is 19.2 Å². The maximum atomic E-state index is 13.6. The van der Waals surface area contributed by atoms with Crippen LogP contribution in [-0.2, 0) is 14.4 Å². The Morgan fingerprint density at radius 1 is 0.872 bits per heavy atom.